The summed E-state index contributed by atoms with van der Waals surface area (Å²) < 4.78 is 105. The van der Waals surface area contributed by atoms with Gasteiger partial charge in [0.2, 0.25) is 0 Å². The fourth-order valence-corrected chi connectivity index (χ4v) is 1.73. The van der Waals surface area contributed by atoms with E-state index in [0.717, 1.165) is 0 Å². The normalized spacial score (nSPS) is 12.6. The summed E-state index contributed by atoms with van der Waals surface area (Å²) in [6, 6.07) is 0.326. The Morgan fingerprint density at radius 3 is 1.15 bits per heavy atom. The molecule has 4 nitrogen and oxygen atoms in total. The molecule has 0 bridgehead atoms. The fraction of sp³-hybridized carbons (Fsp3) is 0. The van der Waals surface area contributed by atoms with Gasteiger partial charge in [-0.15, -0.1) is 10.2 Å². The van der Waals surface area contributed by atoms with Crippen molar-refractivity contribution < 1.29 is 35.1 Å². The Bertz CT molecular complexity index is 877. The van der Waals surface area contributed by atoms with E-state index in [1.165, 1.54) is 0 Å². The van der Waals surface area contributed by atoms with Crippen LogP contribution in [0.25, 0.3) is 0 Å². The fourth-order valence-electron chi connectivity index (χ4n) is 1.73. The molecular weight excluding hydrogens is 376 g/mol. The quantitative estimate of drug-likeness (QED) is 0.214. The lowest BCUT2D eigenvalue weighted by Crippen LogP contribution is -2.20. The van der Waals surface area contributed by atoms with E-state index in [9.17, 15) is 35.1 Å². The van der Waals surface area contributed by atoms with Crippen molar-refractivity contribution in [2.45, 2.75) is 0 Å². The predicted molar refractivity (Wildman–Crippen MR) is 74.0 cm³/mol. The number of hydrogen-bond donors (Lipinski definition) is 2. The summed E-state index contributed by atoms with van der Waals surface area (Å²) in [6.07, 6.45) is 0. The molecule has 0 aliphatic carbocycles. The van der Waals surface area contributed by atoms with Gasteiger partial charge in [0.15, 0.2) is 58.2 Å². The van der Waals surface area contributed by atoms with Gasteiger partial charge in [-0.3, -0.25) is 0 Å². The average molecular weight is 382 g/mol. The number of nitrogens with zero attached hydrogens (tertiary/aromatic N) is 2. The summed E-state index contributed by atoms with van der Waals surface area (Å²) in [5, 5.41) is 6.05. The summed E-state index contributed by atoms with van der Waals surface area (Å²) in [5.41, 5.74) is 8.35. The van der Waals surface area contributed by atoms with E-state index >= 15 is 0 Å². The van der Waals surface area contributed by atoms with Crippen molar-refractivity contribution in [1.29, 1.82) is 0 Å². The first-order valence-electron chi connectivity index (χ1n) is 6.39. The Balaban J connectivity index is 2.49. The molecule has 0 saturated carbocycles. The number of halogens is 8. The van der Waals surface area contributed by atoms with Crippen LogP contribution in [0.3, 0.4) is 0 Å². The summed E-state index contributed by atoms with van der Waals surface area (Å²) in [6.45, 7) is 0. The molecule has 0 atom stereocenters. The van der Waals surface area contributed by atoms with Crippen LogP contribution in [-0.4, -0.2) is 11.7 Å². The van der Waals surface area contributed by atoms with Gasteiger partial charge in [-0.05, 0) is 12.1 Å². The molecule has 0 unspecified atom stereocenters. The molecule has 26 heavy (non-hydrogen) atoms. The van der Waals surface area contributed by atoms with Gasteiger partial charge in [0.05, 0.1) is 11.1 Å². The molecule has 0 aliphatic rings. The first-order valence-corrected chi connectivity index (χ1v) is 6.39. The number of nitrogens with two attached hydrogens (primary N) is 2. The highest BCUT2D eigenvalue weighted by Gasteiger charge is 2.22. The molecule has 2 aromatic carbocycles. The zero-order chi connectivity index (χ0) is 19.8. The minimum Gasteiger partial charge on any atom is -0.382 e. The number of rotatable bonds is 3. The zero-order valence-corrected chi connectivity index (χ0v) is 12.2. The Labute approximate surface area is 139 Å². The standard InChI is InChI=1S/C14H6F8N4/c15-5-1-3(7(17)11(21)9(5)19)13(23)25-26-14(24)4-2-6(16)10(20)12(22)8(4)18/h1-2H,(H2,23,25)(H2,24,26). The highest BCUT2D eigenvalue weighted by atomic mass is 19.2. The largest absolute Gasteiger partial charge is 0.382 e. The second kappa shape index (κ2) is 6.98. The molecular formula is C14H6F8N4. The molecule has 0 saturated heterocycles. The second-order valence-corrected chi connectivity index (χ2v) is 4.67. The summed E-state index contributed by atoms with van der Waals surface area (Å²) >= 11 is 0. The van der Waals surface area contributed by atoms with E-state index < -0.39 is 69.3 Å². The zero-order valence-electron chi connectivity index (χ0n) is 12.2. The summed E-state index contributed by atoms with van der Waals surface area (Å²) in [7, 11) is 0. The first-order chi connectivity index (χ1) is 12.1. The molecule has 0 fully saturated rings. The predicted octanol–water partition coefficient (Wildman–Crippen LogP) is 2.83. The molecule has 0 amide bonds. The van der Waals surface area contributed by atoms with Crippen LogP contribution >= 0.6 is 0 Å². The molecule has 0 aromatic heterocycles. The van der Waals surface area contributed by atoms with Crippen LogP contribution in [0.2, 0.25) is 0 Å². The number of hydrogen-bond acceptors (Lipinski definition) is 2. The molecule has 0 radical (unpaired) electrons. The van der Waals surface area contributed by atoms with E-state index in [2.05, 4.69) is 10.2 Å². The van der Waals surface area contributed by atoms with E-state index in [1.807, 2.05) is 0 Å². The van der Waals surface area contributed by atoms with Gasteiger partial charge < -0.3 is 11.5 Å². The maximum atomic E-state index is 13.5. The lowest BCUT2D eigenvalue weighted by molar-refractivity contribution is 0.408. The van der Waals surface area contributed by atoms with Crippen LogP contribution in [0.4, 0.5) is 35.1 Å². The van der Waals surface area contributed by atoms with Crippen molar-refractivity contribution in [1.82, 2.24) is 0 Å². The second-order valence-electron chi connectivity index (χ2n) is 4.67. The Morgan fingerprint density at radius 2 is 0.846 bits per heavy atom. The lowest BCUT2D eigenvalue weighted by atomic mass is 10.1. The van der Waals surface area contributed by atoms with Gasteiger partial charge in [-0.2, -0.15) is 0 Å². The van der Waals surface area contributed by atoms with Crippen molar-refractivity contribution >= 4 is 11.7 Å². The minimum absolute atomic E-state index is 0.163. The van der Waals surface area contributed by atoms with Crippen LogP contribution in [0.15, 0.2) is 22.3 Å². The monoisotopic (exact) mass is 382 g/mol. The van der Waals surface area contributed by atoms with Crippen molar-refractivity contribution in [3.8, 4) is 0 Å². The summed E-state index contributed by atoms with van der Waals surface area (Å²) in [5.74, 6) is -18.0. The van der Waals surface area contributed by atoms with Crippen molar-refractivity contribution in [2.75, 3.05) is 0 Å². The van der Waals surface area contributed by atoms with Gasteiger partial charge in [0, 0.05) is 0 Å². The van der Waals surface area contributed by atoms with Crippen LogP contribution in [0, 0.1) is 46.5 Å². The van der Waals surface area contributed by atoms with E-state index in [0.29, 0.717) is 0 Å². The summed E-state index contributed by atoms with van der Waals surface area (Å²) in [4.78, 5) is 0. The molecule has 138 valence electrons. The number of amidine groups is 2. The molecule has 2 rings (SSSR count). The first kappa shape index (κ1) is 19.1. The van der Waals surface area contributed by atoms with Crippen molar-refractivity contribution in [3.63, 3.8) is 0 Å². The van der Waals surface area contributed by atoms with Crippen LogP contribution in [0.1, 0.15) is 11.1 Å². The van der Waals surface area contributed by atoms with Gasteiger partial charge >= 0.3 is 0 Å². The maximum absolute atomic E-state index is 13.5. The van der Waals surface area contributed by atoms with Crippen LogP contribution < -0.4 is 11.5 Å². The molecule has 12 heteroatoms. The Hall–Kier alpha value is -3.18. The minimum atomic E-state index is -2.18. The number of benzene rings is 2. The average Bonchev–Trinajstić information content (AvgIpc) is 2.61. The van der Waals surface area contributed by atoms with Crippen LogP contribution in [0.5, 0.6) is 0 Å². The third-order valence-corrected chi connectivity index (χ3v) is 3.02. The van der Waals surface area contributed by atoms with E-state index in [-0.39, 0.29) is 12.1 Å². The smallest absolute Gasteiger partial charge is 0.198 e. The van der Waals surface area contributed by atoms with Gasteiger partial charge in [-0.1, -0.05) is 0 Å². The molecule has 0 spiro atoms. The SMILES string of the molecule is N/C(=N\N=C(/N)c1cc(F)c(F)c(F)c1F)c1cc(F)c(F)c(F)c1F. The highest BCUT2D eigenvalue weighted by molar-refractivity contribution is 6.00. The molecule has 4 N–H and O–H groups in total. The lowest BCUT2D eigenvalue weighted by Gasteiger charge is -2.05. The maximum Gasteiger partial charge on any atom is 0.198 e. The van der Waals surface area contributed by atoms with Crippen molar-refractivity contribution in [2.24, 2.45) is 21.7 Å². The Morgan fingerprint density at radius 1 is 0.538 bits per heavy atom. The molecule has 2 aromatic rings. The van der Waals surface area contributed by atoms with E-state index in [1.54, 1.807) is 0 Å². The highest BCUT2D eigenvalue weighted by Crippen LogP contribution is 2.20. The van der Waals surface area contributed by atoms with Gasteiger partial charge in [-0.25, -0.2) is 35.1 Å². The third-order valence-electron chi connectivity index (χ3n) is 3.02. The third kappa shape index (κ3) is 3.30. The van der Waals surface area contributed by atoms with Gasteiger partial charge in [0.1, 0.15) is 0 Å². The van der Waals surface area contributed by atoms with Gasteiger partial charge in [0.25, 0.3) is 0 Å². The molecule has 0 heterocycles. The Kier molecular flexibility index (Phi) is 5.14. The topological polar surface area (TPSA) is 76.8 Å². The van der Waals surface area contributed by atoms with Crippen molar-refractivity contribution in [3.05, 3.63) is 69.8 Å². The van der Waals surface area contributed by atoms with Crippen LogP contribution in [-0.2, 0) is 0 Å². The van der Waals surface area contributed by atoms with E-state index in [4.69, 9.17) is 11.5 Å². The molecule has 0 aliphatic heterocycles.